The number of allylic oxidation sites excluding steroid dienone is 1. The number of rotatable bonds is 6. The fraction of sp³-hybridized carbons (Fsp3) is 0.370. The predicted octanol–water partition coefficient (Wildman–Crippen LogP) is 7.83. The number of ether oxygens (including phenoxy) is 1. The summed E-state index contributed by atoms with van der Waals surface area (Å²) in [6.07, 6.45) is 4.50. The van der Waals surface area contributed by atoms with Crippen LogP contribution in [-0.4, -0.2) is 17.6 Å². The van der Waals surface area contributed by atoms with Gasteiger partial charge in [-0.15, -0.1) is 22.7 Å². The van der Waals surface area contributed by atoms with Crippen molar-refractivity contribution in [2.45, 2.75) is 47.0 Å². The van der Waals surface area contributed by atoms with E-state index in [9.17, 15) is 10.1 Å². The second kappa shape index (κ2) is 10.5. The van der Waals surface area contributed by atoms with Crippen molar-refractivity contribution < 1.29 is 9.53 Å². The number of thiazole rings is 1. The highest BCUT2D eigenvalue weighted by Gasteiger charge is 2.34. The third-order valence-electron chi connectivity index (χ3n) is 6.31. The minimum Gasteiger partial charge on any atom is -0.462 e. The maximum Gasteiger partial charge on any atom is 0.341 e. The van der Waals surface area contributed by atoms with Crippen LogP contribution in [0.15, 0.2) is 35.8 Å². The quantitative estimate of drug-likeness (QED) is 0.262. The molecule has 8 heteroatoms. The van der Waals surface area contributed by atoms with Crippen molar-refractivity contribution in [2.75, 3.05) is 11.9 Å². The molecule has 0 radical (unpaired) electrons. The number of aromatic nitrogens is 1. The van der Waals surface area contributed by atoms with Gasteiger partial charge < -0.3 is 10.1 Å². The molecule has 0 fully saturated rings. The summed E-state index contributed by atoms with van der Waals surface area (Å²) in [6.45, 7) is 8.95. The Labute approximate surface area is 219 Å². The summed E-state index contributed by atoms with van der Waals surface area (Å²) >= 11 is 8.98. The Morgan fingerprint density at radius 3 is 2.74 bits per heavy atom. The molecule has 1 N–H and O–H groups in total. The molecule has 1 aliphatic rings. The van der Waals surface area contributed by atoms with E-state index >= 15 is 0 Å². The molecule has 1 aromatic carbocycles. The van der Waals surface area contributed by atoms with Crippen LogP contribution in [0.2, 0.25) is 5.02 Å². The van der Waals surface area contributed by atoms with Crippen LogP contribution in [-0.2, 0) is 17.6 Å². The maximum absolute atomic E-state index is 12.9. The van der Waals surface area contributed by atoms with Crippen molar-refractivity contribution in [3.05, 3.63) is 61.9 Å². The number of anilines is 1. The van der Waals surface area contributed by atoms with Gasteiger partial charge in [0.1, 0.15) is 21.7 Å². The first-order valence-electron chi connectivity index (χ1n) is 11.6. The third-order valence-corrected chi connectivity index (χ3v) is 8.63. The van der Waals surface area contributed by atoms with Gasteiger partial charge in [-0.3, -0.25) is 0 Å². The predicted molar refractivity (Wildman–Crippen MR) is 145 cm³/mol. The number of carbonyl (C=O) groups is 1. The molecule has 0 saturated carbocycles. The summed E-state index contributed by atoms with van der Waals surface area (Å²) in [5.41, 5.74) is 4.03. The number of nitrogens with one attached hydrogen (secondary N) is 1. The van der Waals surface area contributed by atoms with E-state index in [1.165, 1.54) is 16.2 Å². The second-order valence-corrected chi connectivity index (χ2v) is 12.0. The molecule has 0 amide bonds. The van der Waals surface area contributed by atoms with Crippen molar-refractivity contribution in [1.29, 1.82) is 5.26 Å². The summed E-state index contributed by atoms with van der Waals surface area (Å²) in [5.74, 6) is 0.247. The van der Waals surface area contributed by atoms with E-state index in [-0.39, 0.29) is 11.4 Å². The van der Waals surface area contributed by atoms with E-state index in [0.29, 0.717) is 33.7 Å². The molecule has 1 unspecified atom stereocenters. The molecule has 0 spiro atoms. The van der Waals surface area contributed by atoms with Gasteiger partial charge in [-0.1, -0.05) is 44.5 Å². The number of nitrogens with zero attached hydrogens (tertiary/aromatic N) is 2. The number of thiophene rings is 1. The van der Waals surface area contributed by atoms with Gasteiger partial charge in [0.05, 0.1) is 17.9 Å². The van der Waals surface area contributed by atoms with Crippen LogP contribution in [0.25, 0.3) is 16.8 Å². The standard InChI is InChI=1S/C27H28ClN3O2S2/c1-5-33-26(32)23-20-11-8-18(27(2,3)4)12-22(20)35-25(23)30-14-17(13-29)24-31-21(15-34-24)16-6-9-19(28)10-7-16/h6-7,9-10,14-15,18,30H,5,8,11-12H2,1-4H3. The van der Waals surface area contributed by atoms with Crippen LogP contribution < -0.4 is 5.32 Å². The van der Waals surface area contributed by atoms with E-state index in [1.807, 2.05) is 36.6 Å². The van der Waals surface area contributed by atoms with Crippen molar-refractivity contribution in [3.63, 3.8) is 0 Å². The molecule has 1 atom stereocenters. The maximum atomic E-state index is 12.9. The molecule has 182 valence electrons. The van der Waals surface area contributed by atoms with Crippen LogP contribution in [0.5, 0.6) is 0 Å². The zero-order chi connectivity index (χ0) is 25.2. The lowest BCUT2D eigenvalue weighted by atomic mass is 9.72. The number of fused-ring (bicyclic) bond motifs is 1. The lowest BCUT2D eigenvalue weighted by Crippen LogP contribution is -2.26. The highest BCUT2D eigenvalue weighted by Crippen LogP contribution is 2.44. The Morgan fingerprint density at radius 1 is 1.34 bits per heavy atom. The number of carbonyl (C=O) groups excluding carboxylic acids is 1. The Kier molecular flexibility index (Phi) is 7.65. The van der Waals surface area contributed by atoms with Gasteiger partial charge in [0.25, 0.3) is 0 Å². The molecule has 0 aliphatic heterocycles. The summed E-state index contributed by atoms with van der Waals surface area (Å²) in [6, 6.07) is 9.68. The number of hydrogen-bond acceptors (Lipinski definition) is 7. The Bertz CT molecular complexity index is 1290. The molecule has 2 heterocycles. The van der Waals surface area contributed by atoms with Gasteiger partial charge in [0.2, 0.25) is 0 Å². The zero-order valence-electron chi connectivity index (χ0n) is 20.3. The first kappa shape index (κ1) is 25.4. The monoisotopic (exact) mass is 525 g/mol. The van der Waals surface area contributed by atoms with E-state index < -0.39 is 0 Å². The van der Waals surface area contributed by atoms with Crippen molar-refractivity contribution in [3.8, 4) is 17.3 Å². The van der Waals surface area contributed by atoms with Crippen LogP contribution in [0.4, 0.5) is 5.00 Å². The molecular weight excluding hydrogens is 498 g/mol. The van der Waals surface area contributed by atoms with Crippen LogP contribution >= 0.6 is 34.3 Å². The zero-order valence-corrected chi connectivity index (χ0v) is 22.7. The minimum atomic E-state index is -0.312. The molecule has 0 saturated heterocycles. The molecular formula is C27H28ClN3O2S2. The second-order valence-electron chi connectivity index (χ2n) is 9.59. The van der Waals surface area contributed by atoms with Crippen LogP contribution in [0.1, 0.15) is 59.9 Å². The average molecular weight is 526 g/mol. The highest BCUT2D eigenvalue weighted by molar-refractivity contribution is 7.16. The van der Waals surface area contributed by atoms with E-state index in [0.717, 1.165) is 41.1 Å². The van der Waals surface area contributed by atoms with Gasteiger partial charge in [-0.25, -0.2) is 9.78 Å². The van der Waals surface area contributed by atoms with Gasteiger partial charge in [-0.05, 0) is 55.2 Å². The van der Waals surface area contributed by atoms with Gasteiger partial charge in [0.15, 0.2) is 0 Å². The van der Waals surface area contributed by atoms with Crippen LogP contribution in [0, 0.1) is 22.7 Å². The summed E-state index contributed by atoms with van der Waals surface area (Å²) in [5, 5.41) is 17.0. The molecule has 1 aliphatic carbocycles. The topological polar surface area (TPSA) is 75.0 Å². The number of nitriles is 1. The number of halogens is 1. The number of esters is 1. The summed E-state index contributed by atoms with van der Waals surface area (Å²) in [7, 11) is 0. The largest absolute Gasteiger partial charge is 0.462 e. The number of benzene rings is 1. The minimum absolute atomic E-state index is 0.208. The van der Waals surface area contributed by atoms with Crippen molar-refractivity contribution in [1.82, 2.24) is 4.98 Å². The summed E-state index contributed by atoms with van der Waals surface area (Å²) < 4.78 is 5.39. The fourth-order valence-electron chi connectivity index (χ4n) is 4.28. The molecule has 0 bridgehead atoms. The smallest absolute Gasteiger partial charge is 0.341 e. The lowest BCUT2D eigenvalue weighted by Gasteiger charge is -2.33. The highest BCUT2D eigenvalue weighted by atomic mass is 35.5. The average Bonchev–Trinajstić information content (AvgIpc) is 3.44. The third kappa shape index (κ3) is 5.61. The molecule has 4 rings (SSSR count). The molecule has 3 aromatic rings. The van der Waals surface area contributed by atoms with Gasteiger partial charge >= 0.3 is 5.97 Å². The van der Waals surface area contributed by atoms with E-state index in [1.54, 1.807) is 17.5 Å². The summed E-state index contributed by atoms with van der Waals surface area (Å²) in [4.78, 5) is 18.8. The van der Waals surface area contributed by atoms with Gasteiger partial charge in [-0.2, -0.15) is 5.26 Å². The first-order valence-corrected chi connectivity index (χ1v) is 13.7. The fourth-order valence-corrected chi connectivity index (χ4v) is 6.48. The molecule has 35 heavy (non-hydrogen) atoms. The first-order chi connectivity index (χ1) is 16.7. The molecule has 5 nitrogen and oxygen atoms in total. The van der Waals surface area contributed by atoms with Gasteiger partial charge in [0, 0.05) is 27.0 Å². The number of hydrogen-bond donors (Lipinski definition) is 1. The van der Waals surface area contributed by atoms with Crippen molar-refractivity contribution in [2.24, 2.45) is 11.3 Å². The molecule has 2 aromatic heterocycles. The lowest BCUT2D eigenvalue weighted by molar-refractivity contribution is 0.0526. The van der Waals surface area contributed by atoms with Crippen molar-refractivity contribution >= 4 is 50.8 Å². The Hall–Kier alpha value is -2.66. The van der Waals surface area contributed by atoms with E-state index in [4.69, 9.17) is 16.3 Å². The SMILES string of the molecule is CCOC(=O)c1c(NC=C(C#N)c2nc(-c3ccc(Cl)cc3)cs2)sc2c1CCC(C(C)(C)C)C2. The Balaban J connectivity index is 1.63. The Morgan fingerprint density at radius 2 is 2.09 bits per heavy atom. The normalized spacial score (nSPS) is 15.9. The van der Waals surface area contributed by atoms with Crippen LogP contribution in [0.3, 0.4) is 0 Å². The van der Waals surface area contributed by atoms with E-state index in [2.05, 4.69) is 37.1 Å².